The maximum atomic E-state index is 13.5. The van der Waals surface area contributed by atoms with Crippen molar-refractivity contribution in [3.8, 4) is 0 Å². The van der Waals surface area contributed by atoms with Gasteiger partial charge in [0.25, 0.3) is 0 Å². The lowest BCUT2D eigenvalue weighted by atomic mass is 9.43. The standard InChI is InChI=1S/C24H38F4O2/c1-14(20(29)13-25)17-6-7-18-16-5-4-15-12-23(30,24(26,27)28)11-10-21(15,2)19(16)8-9-22(17,18)3/h14-20,29-30H,4-13H2,1-3H3/t14-,15+,16-,17+,18-,19-,20+,21-,22+,23+/m0/s1. The van der Waals surface area contributed by atoms with Crippen LogP contribution in [-0.4, -0.2) is 34.8 Å². The monoisotopic (exact) mass is 434 g/mol. The van der Waals surface area contributed by atoms with Crippen molar-refractivity contribution < 1.29 is 27.8 Å². The van der Waals surface area contributed by atoms with Crippen LogP contribution in [0.1, 0.15) is 78.6 Å². The van der Waals surface area contributed by atoms with E-state index in [9.17, 15) is 27.8 Å². The summed E-state index contributed by atoms with van der Waals surface area (Å²) in [6, 6.07) is 0. The molecule has 0 spiro atoms. The normalized spacial score (nSPS) is 50.9. The second-order valence-corrected chi connectivity index (χ2v) is 11.7. The van der Waals surface area contributed by atoms with Crippen molar-refractivity contribution in [2.24, 2.45) is 46.3 Å². The van der Waals surface area contributed by atoms with E-state index in [0.29, 0.717) is 30.1 Å². The Labute approximate surface area is 177 Å². The molecule has 0 radical (unpaired) electrons. The van der Waals surface area contributed by atoms with Gasteiger partial charge in [-0.05, 0) is 104 Å². The Morgan fingerprint density at radius 3 is 2.23 bits per heavy atom. The Morgan fingerprint density at radius 1 is 0.933 bits per heavy atom. The summed E-state index contributed by atoms with van der Waals surface area (Å²) in [5.74, 6) is 1.59. The second-order valence-electron chi connectivity index (χ2n) is 11.7. The molecule has 4 aliphatic rings. The van der Waals surface area contributed by atoms with Crippen LogP contribution in [0.4, 0.5) is 17.6 Å². The number of aliphatic hydroxyl groups is 2. The van der Waals surface area contributed by atoms with Crippen molar-refractivity contribution in [2.75, 3.05) is 6.67 Å². The Bertz CT molecular complexity index is 654. The molecular weight excluding hydrogens is 396 g/mol. The summed E-state index contributed by atoms with van der Waals surface area (Å²) < 4.78 is 53.6. The molecule has 0 unspecified atom stereocenters. The maximum Gasteiger partial charge on any atom is 0.417 e. The molecule has 0 heterocycles. The third-order valence-corrected chi connectivity index (χ3v) is 10.7. The Kier molecular flexibility index (Phi) is 5.57. The van der Waals surface area contributed by atoms with E-state index in [1.54, 1.807) is 0 Å². The smallest absolute Gasteiger partial charge is 0.390 e. The minimum atomic E-state index is -4.55. The van der Waals surface area contributed by atoms with Crippen molar-refractivity contribution in [2.45, 2.75) is 96.4 Å². The van der Waals surface area contributed by atoms with Gasteiger partial charge >= 0.3 is 6.18 Å². The summed E-state index contributed by atoms with van der Waals surface area (Å²) >= 11 is 0. The predicted molar refractivity (Wildman–Crippen MR) is 107 cm³/mol. The average Bonchev–Trinajstić information content (AvgIpc) is 3.03. The maximum absolute atomic E-state index is 13.5. The fourth-order valence-electron chi connectivity index (χ4n) is 8.82. The van der Waals surface area contributed by atoms with Crippen LogP contribution in [0.2, 0.25) is 0 Å². The molecule has 0 aromatic carbocycles. The lowest BCUT2D eigenvalue weighted by Crippen LogP contribution is -2.59. The highest BCUT2D eigenvalue weighted by atomic mass is 19.4. The largest absolute Gasteiger partial charge is 0.417 e. The number of rotatable bonds is 3. The lowest BCUT2D eigenvalue weighted by Gasteiger charge is -2.62. The highest BCUT2D eigenvalue weighted by molar-refractivity contribution is 5.12. The lowest BCUT2D eigenvalue weighted by molar-refractivity contribution is -0.290. The highest BCUT2D eigenvalue weighted by Crippen LogP contribution is 2.69. The van der Waals surface area contributed by atoms with Crippen LogP contribution < -0.4 is 0 Å². The molecule has 10 atom stereocenters. The number of aliphatic hydroxyl groups excluding tert-OH is 1. The Balaban J connectivity index is 1.55. The highest BCUT2D eigenvalue weighted by Gasteiger charge is 2.65. The number of alkyl halides is 4. The Hall–Kier alpha value is -0.360. The molecular formula is C24H38F4O2. The molecule has 0 amide bonds. The van der Waals surface area contributed by atoms with Gasteiger partial charge in [0.15, 0.2) is 5.60 Å². The molecule has 6 heteroatoms. The van der Waals surface area contributed by atoms with Crippen molar-refractivity contribution in [3.05, 3.63) is 0 Å². The number of hydrogen-bond donors (Lipinski definition) is 2. The van der Waals surface area contributed by atoms with Crippen molar-refractivity contribution in [1.82, 2.24) is 0 Å². The van der Waals surface area contributed by atoms with E-state index in [-0.39, 0.29) is 35.5 Å². The predicted octanol–water partition coefficient (Wildman–Crippen LogP) is 5.91. The van der Waals surface area contributed by atoms with Gasteiger partial charge in [-0.1, -0.05) is 20.8 Å². The molecule has 174 valence electrons. The van der Waals surface area contributed by atoms with Gasteiger partial charge in [0, 0.05) is 0 Å². The molecule has 2 N–H and O–H groups in total. The van der Waals surface area contributed by atoms with Gasteiger partial charge in [-0.3, -0.25) is 0 Å². The van der Waals surface area contributed by atoms with Gasteiger partial charge in [-0.2, -0.15) is 13.2 Å². The first-order valence-electron chi connectivity index (χ1n) is 11.9. The third kappa shape index (κ3) is 3.17. The number of halogens is 4. The quantitative estimate of drug-likeness (QED) is 0.543. The van der Waals surface area contributed by atoms with Crippen LogP contribution in [0.5, 0.6) is 0 Å². The fraction of sp³-hybridized carbons (Fsp3) is 1.00. The van der Waals surface area contributed by atoms with Crippen molar-refractivity contribution in [1.29, 1.82) is 0 Å². The Morgan fingerprint density at radius 2 is 1.60 bits per heavy atom. The molecule has 4 aliphatic carbocycles. The first kappa shape index (κ1) is 22.8. The van der Waals surface area contributed by atoms with E-state index in [0.717, 1.165) is 38.5 Å². The topological polar surface area (TPSA) is 40.5 Å². The number of fused-ring (bicyclic) bond motifs is 5. The third-order valence-electron chi connectivity index (χ3n) is 10.7. The van der Waals surface area contributed by atoms with Crippen molar-refractivity contribution >= 4 is 0 Å². The summed E-state index contributed by atoms with van der Waals surface area (Å²) in [5, 5.41) is 20.5. The molecule has 0 saturated heterocycles. The van der Waals surface area contributed by atoms with Gasteiger partial charge in [-0.25, -0.2) is 4.39 Å². The average molecular weight is 435 g/mol. The van der Waals surface area contributed by atoms with Crippen LogP contribution in [0.15, 0.2) is 0 Å². The van der Waals surface area contributed by atoms with Gasteiger partial charge in [0.05, 0.1) is 6.10 Å². The molecule has 2 nitrogen and oxygen atoms in total. The second kappa shape index (κ2) is 7.33. The first-order chi connectivity index (χ1) is 13.9. The summed E-state index contributed by atoms with van der Waals surface area (Å²) in [6.45, 7) is 5.79. The van der Waals surface area contributed by atoms with E-state index >= 15 is 0 Å². The zero-order chi connectivity index (χ0) is 22.1. The molecule has 4 rings (SSSR count). The minimum absolute atomic E-state index is 0.0649. The molecule has 0 aromatic rings. The molecule has 4 fully saturated rings. The van der Waals surface area contributed by atoms with Crippen LogP contribution in [0, 0.1) is 46.3 Å². The van der Waals surface area contributed by atoms with Gasteiger partial charge in [0.1, 0.15) is 6.67 Å². The van der Waals surface area contributed by atoms with E-state index in [4.69, 9.17) is 0 Å². The SMILES string of the molecule is C[C@H]([C@H](O)CF)[C@H]1CC[C@H]2[C@@H]3CC[C@@H]4C[C@@](O)(C(F)(F)F)CC[C@]4(C)[C@H]3CC[C@]12C. The molecule has 0 aliphatic heterocycles. The van der Waals surface area contributed by atoms with Crippen LogP contribution in [0.3, 0.4) is 0 Å². The zero-order valence-electron chi connectivity index (χ0n) is 18.5. The summed E-state index contributed by atoms with van der Waals surface area (Å²) in [5.41, 5.74) is -2.57. The molecule has 4 saturated carbocycles. The van der Waals surface area contributed by atoms with E-state index in [2.05, 4.69) is 13.8 Å². The first-order valence-corrected chi connectivity index (χ1v) is 11.9. The molecule has 0 bridgehead atoms. The van der Waals surface area contributed by atoms with Gasteiger partial charge in [-0.15, -0.1) is 0 Å². The molecule has 30 heavy (non-hydrogen) atoms. The van der Waals surface area contributed by atoms with Crippen LogP contribution in [-0.2, 0) is 0 Å². The number of hydrogen-bond acceptors (Lipinski definition) is 2. The van der Waals surface area contributed by atoms with Crippen LogP contribution >= 0.6 is 0 Å². The summed E-state index contributed by atoms with van der Waals surface area (Å²) in [7, 11) is 0. The fourth-order valence-corrected chi connectivity index (χ4v) is 8.82. The van der Waals surface area contributed by atoms with Gasteiger partial charge < -0.3 is 10.2 Å². The van der Waals surface area contributed by atoms with E-state index in [1.807, 2.05) is 6.92 Å². The van der Waals surface area contributed by atoms with Crippen molar-refractivity contribution in [3.63, 3.8) is 0 Å². The van der Waals surface area contributed by atoms with Gasteiger partial charge in [0.2, 0.25) is 0 Å². The summed E-state index contributed by atoms with van der Waals surface area (Å²) in [4.78, 5) is 0. The van der Waals surface area contributed by atoms with E-state index in [1.165, 1.54) is 0 Å². The zero-order valence-corrected chi connectivity index (χ0v) is 18.5. The van der Waals surface area contributed by atoms with E-state index < -0.39 is 24.6 Å². The molecule has 0 aromatic heterocycles. The minimum Gasteiger partial charge on any atom is -0.390 e. The van der Waals surface area contributed by atoms with Crippen LogP contribution in [0.25, 0.3) is 0 Å². The summed E-state index contributed by atoms with van der Waals surface area (Å²) in [6.07, 6.45) is 0.452.